The number of allylic oxidation sites excluding steroid dienone is 1. The Bertz CT molecular complexity index is 936. The lowest BCUT2D eigenvalue weighted by atomic mass is 10.1. The minimum Gasteiger partial charge on any atom is -0.506 e. The van der Waals surface area contributed by atoms with E-state index in [2.05, 4.69) is 4.99 Å². The topological polar surface area (TPSA) is 73.4 Å². The summed E-state index contributed by atoms with van der Waals surface area (Å²) in [6.07, 6.45) is 0. The number of Topliss-reactive ketones (excluding diaryl/α,β-unsaturated/α-hetero) is 1. The van der Waals surface area contributed by atoms with E-state index in [4.69, 9.17) is 0 Å². The van der Waals surface area contributed by atoms with Crippen molar-refractivity contribution in [3.8, 4) is 6.07 Å². The number of halogens is 1. The van der Waals surface area contributed by atoms with Crippen molar-refractivity contribution in [2.45, 2.75) is 6.92 Å². The summed E-state index contributed by atoms with van der Waals surface area (Å²) in [6.45, 7) is 1.61. The second-order valence-corrected chi connectivity index (χ2v) is 5.10. The SMILES string of the molecule is Cc1ccc(N=C(C#N)C2=C(O)c3ccccc3C2=O)cc1F. The zero-order valence-corrected chi connectivity index (χ0v) is 12.2. The smallest absolute Gasteiger partial charge is 0.200 e. The quantitative estimate of drug-likeness (QED) is 0.855. The number of ketones is 1. The van der Waals surface area contributed by atoms with Gasteiger partial charge in [0.15, 0.2) is 11.5 Å². The van der Waals surface area contributed by atoms with Crippen molar-refractivity contribution in [3.05, 3.63) is 70.5 Å². The van der Waals surface area contributed by atoms with Crippen molar-refractivity contribution in [1.29, 1.82) is 5.26 Å². The molecule has 0 amide bonds. The van der Waals surface area contributed by atoms with Gasteiger partial charge in [0.25, 0.3) is 0 Å². The first-order valence-electron chi connectivity index (χ1n) is 6.85. The van der Waals surface area contributed by atoms with Crippen LogP contribution in [0.1, 0.15) is 21.5 Å². The molecule has 2 aromatic carbocycles. The summed E-state index contributed by atoms with van der Waals surface area (Å²) in [5, 5.41) is 19.6. The van der Waals surface area contributed by atoms with Gasteiger partial charge in [-0.2, -0.15) is 5.26 Å². The highest BCUT2D eigenvalue weighted by Gasteiger charge is 2.32. The molecule has 112 valence electrons. The molecule has 2 aromatic rings. The minimum atomic E-state index is -0.467. The molecule has 0 unspecified atom stereocenters. The van der Waals surface area contributed by atoms with Crippen molar-refractivity contribution >= 4 is 22.9 Å². The van der Waals surface area contributed by atoms with Gasteiger partial charge in [0.05, 0.1) is 5.69 Å². The number of hydrogen-bond acceptors (Lipinski definition) is 4. The maximum absolute atomic E-state index is 13.6. The first kappa shape index (κ1) is 14.7. The first-order chi connectivity index (χ1) is 11.0. The molecule has 1 N–H and O–H groups in total. The Morgan fingerprint density at radius 1 is 1.22 bits per heavy atom. The summed E-state index contributed by atoms with van der Waals surface area (Å²) in [7, 11) is 0. The number of fused-ring (bicyclic) bond motifs is 1. The molecule has 0 spiro atoms. The number of carbonyl (C=O) groups excluding carboxylic acids is 1. The Labute approximate surface area is 131 Å². The summed E-state index contributed by atoms with van der Waals surface area (Å²) in [5.74, 6) is -1.20. The van der Waals surface area contributed by atoms with Crippen LogP contribution in [0.5, 0.6) is 0 Å². The predicted molar refractivity (Wildman–Crippen MR) is 84.2 cm³/mol. The van der Waals surface area contributed by atoms with E-state index in [1.807, 2.05) is 6.07 Å². The molecule has 0 aliphatic heterocycles. The normalized spacial score (nSPS) is 14.0. The highest BCUT2D eigenvalue weighted by Crippen LogP contribution is 2.32. The van der Waals surface area contributed by atoms with Gasteiger partial charge in [0.1, 0.15) is 23.2 Å². The third-order valence-electron chi connectivity index (χ3n) is 3.63. The molecule has 0 atom stereocenters. The van der Waals surface area contributed by atoms with E-state index < -0.39 is 11.6 Å². The van der Waals surface area contributed by atoms with Crippen LogP contribution in [0.3, 0.4) is 0 Å². The van der Waals surface area contributed by atoms with Crippen molar-refractivity contribution in [3.63, 3.8) is 0 Å². The molecular formula is C18H11FN2O2. The molecule has 5 heteroatoms. The zero-order chi connectivity index (χ0) is 16.6. The predicted octanol–water partition coefficient (Wildman–Crippen LogP) is 3.90. The molecule has 4 nitrogen and oxygen atoms in total. The van der Waals surface area contributed by atoms with E-state index >= 15 is 0 Å². The van der Waals surface area contributed by atoms with Crippen molar-refractivity contribution in [2.75, 3.05) is 0 Å². The standard InChI is InChI=1S/C18H11FN2O2/c1-10-6-7-11(8-14(10)19)21-15(9-20)16-17(22)12-4-2-3-5-13(12)18(16)23/h2-8,22H,1H3. The van der Waals surface area contributed by atoms with Crippen molar-refractivity contribution < 1.29 is 14.3 Å². The lowest BCUT2D eigenvalue weighted by molar-refractivity contribution is 0.104. The first-order valence-corrected chi connectivity index (χ1v) is 6.85. The Kier molecular flexibility index (Phi) is 3.51. The van der Waals surface area contributed by atoms with Crippen molar-refractivity contribution in [2.24, 2.45) is 4.99 Å². The third kappa shape index (κ3) is 2.40. The lowest BCUT2D eigenvalue weighted by Gasteiger charge is -2.01. The van der Waals surface area contributed by atoms with E-state index in [1.54, 1.807) is 37.3 Å². The van der Waals surface area contributed by atoms with Crippen LogP contribution in [0.4, 0.5) is 10.1 Å². The third-order valence-corrected chi connectivity index (χ3v) is 3.63. The van der Waals surface area contributed by atoms with E-state index in [1.165, 1.54) is 12.1 Å². The second kappa shape index (κ2) is 5.50. The van der Waals surface area contributed by atoms with Crippen LogP contribution in [0, 0.1) is 24.1 Å². The molecule has 1 aliphatic rings. The lowest BCUT2D eigenvalue weighted by Crippen LogP contribution is -2.09. The van der Waals surface area contributed by atoms with Crippen LogP contribution < -0.4 is 0 Å². The molecule has 0 aromatic heterocycles. The number of benzene rings is 2. The van der Waals surface area contributed by atoms with Gasteiger partial charge in [-0.15, -0.1) is 0 Å². The van der Waals surface area contributed by atoms with Gasteiger partial charge in [-0.05, 0) is 24.6 Å². The number of aryl methyl sites for hydroxylation is 1. The molecule has 1 aliphatic carbocycles. The van der Waals surface area contributed by atoms with Gasteiger partial charge < -0.3 is 5.11 Å². The number of aliphatic hydroxyl groups excluding tert-OH is 1. The highest BCUT2D eigenvalue weighted by molar-refractivity contribution is 6.39. The summed E-state index contributed by atoms with van der Waals surface area (Å²) < 4.78 is 13.6. The molecule has 23 heavy (non-hydrogen) atoms. The number of aliphatic imine (C=N–C) groups is 1. The Morgan fingerprint density at radius 2 is 1.91 bits per heavy atom. The highest BCUT2D eigenvalue weighted by atomic mass is 19.1. The molecule has 0 heterocycles. The molecule has 0 radical (unpaired) electrons. The number of hydrogen-bond donors (Lipinski definition) is 1. The molecule has 0 bridgehead atoms. The minimum absolute atomic E-state index is 0.158. The average Bonchev–Trinajstić information content (AvgIpc) is 2.81. The number of rotatable bonds is 2. The number of carbonyl (C=O) groups is 1. The maximum atomic E-state index is 13.6. The fourth-order valence-corrected chi connectivity index (χ4v) is 2.40. The molecule has 0 saturated heterocycles. The van der Waals surface area contributed by atoms with Crippen LogP contribution in [-0.4, -0.2) is 16.6 Å². The average molecular weight is 306 g/mol. The Morgan fingerprint density at radius 3 is 2.52 bits per heavy atom. The Hall–Kier alpha value is -3.26. The monoisotopic (exact) mass is 306 g/mol. The summed E-state index contributed by atoms with van der Waals surface area (Å²) >= 11 is 0. The van der Waals surface area contributed by atoms with E-state index in [0.29, 0.717) is 16.7 Å². The van der Waals surface area contributed by atoms with Gasteiger partial charge in [0.2, 0.25) is 0 Å². The molecule has 0 saturated carbocycles. The van der Waals surface area contributed by atoms with Crippen LogP contribution in [-0.2, 0) is 0 Å². The van der Waals surface area contributed by atoms with Crippen LogP contribution in [0.25, 0.3) is 5.76 Å². The van der Waals surface area contributed by atoms with E-state index in [-0.39, 0.29) is 22.7 Å². The fraction of sp³-hybridized carbons (Fsp3) is 0.0556. The van der Waals surface area contributed by atoms with E-state index in [0.717, 1.165) is 0 Å². The summed E-state index contributed by atoms with van der Waals surface area (Å²) in [6, 6.07) is 12.6. The van der Waals surface area contributed by atoms with E-state index in [9.17, 15) is 19.6 Å². The maximum Gasteiger partial charge on any atom is 0.200 e. The van der Waals surface area contributed by atoms with Crippen LogP contribution >= 0.6 is 0 Å². The van der Waals surface area contributed by atoms with Gasteiger partial charge in [-0.25, -0.2) is 9.38 Å². The van der Waals surface area contributed by atoms with Gasteiger partial charge >= 0.3 is 0 Å². The number of aliphatic hydroxyl groups is 1. The molecule has 3 rings (SSSR count). The van der Waals surface area contributed by atoms with Crippen LogP contribution in [0.2, 0.25) is 0 Å². The number of nitrogens with zero attached hydrogens (tertiary/aromatic N) is 2. The van der Waals surface area contributed by atoms with Crippen LogP contribution in [0.15, 0.2) is 53.0 Å². The van der Waals surface area contributed by atoms with Gasteiger partial charge in [0, 0.05) is 11.1 Å². The molecule has 0 fully saturated rings. The summed E-state index contributed by atoms with van der Waals surface area (Å²) in [5.41, 5.74) is 0.938. The summed E-state index contributed by atoms with van der Waals surface area (Å²) in [4.78, 5) is 16.4. The molecular weight excluding hydrogens is 295 g/mol. The Balaban J connectivity index is 2.11. The van der Waals surface area contributed by atoms with Gasteiger partial charge in [-0.1, -0.05) is 30.3 Å². The number of nitriles is 1. The van der Waals surface area contributed by atoms with Crippen molar-refractivity contribution in [1.82, 2.24) is 0 Å². The fourth-order valence-electron chi connectivity index (χ4n) is 2.40. The van der Waals surface area contributed by atoms with Gasteiger partial charge in [-0.3, -0.25) is 4.79 Å². The second-order valence-electron chi connectivity index (χ2n) is 5.10. The largest absolute Gasteiger partial charge is 0.506 e. The zero-order valence-electron chi connectivity index (χ0n) is 12.2.